The maximum Gasteiger partial charge on any atom is 0.345 e. The van der Waals surface area contributed by atoms with Gasteiger partial charge in [0.05, 0.1) is 6.54 Å². The molecule has 1 aromatic heterocycles. The van der Waals surface area contributed by atoms with E-state index in [-0.39, 0.29) is 5.91 Å². The van der Waals surface area contributed by atoms with E-state index in [1.165, 1.54) is 11.3 Å². The third-order valence-corrected chi connectivity index (χ3v) is 4.46. The van der Waals surface area contributed by atoms with E-state index in [1.807, 2.05) is 0 Å². The lowest BCUT2D eigenvalue weighted by Gasteiger charge is -2.26. The second-order valence-electron chi connectivity index (χ2n) is 5.52. The highest BCUT2D eigenvalue weighted by Crippen LogP contribution is 2.27. The van der Waals surface area contributed by atoms with Crippen LogP contribution in [0.5, 0.6) is 0 Å². The van der Waals surface area contributed by atoms with Gasteiger partial charge >= 0.3 is 5.97 Å². The molecule has 2 heterocycles. The fourth-order valence-corrected chi connectivity index (χ4v) is 3.21. The van der Waals surface area contributed by atoms with Gasteiger partial charge in [0.2, 0.25) is 5.91 Å². The number of rotatable bonds is 5. The lowest BCUT2D eigenvalue weighted by molar-refractivity contribution is -0.122. The summed E-state index contributed by atoms with van der Waals surface area (Å²) in [5, 5.41) is 11.9. The van der Waals surface area contributed by atoms with Crippen LogP contribution in [0.2, 0.25) is 0 Å². The maximum absolute atomic E-state index is 11.8. The van der Waals surface area contributed by atoms with Crippen LogP contribution < -0.4 is 5.32 Å². The molecule has 0 saturated heterocycles. The van der Waals surface area contributed by atoms with Crippen molar-refractivity contribution in [3.63, 3.8) is 0 Å². The van der Waals surface area contributed by atoms with Crippen molar-refractivity contribution >= 4 is 23.2 Å². The monoisotopic (exact) mass is 296 g/mol. The first-order valence-corrected chi connectivity index (χ1v) is 7.61. The Morgan fingerprint density at radius 2 is 2.25 bits per heavy atom. The fraction of sp³-hybridized carbons (Fsp3) is 0.571. The van der Waals surface area contributed by atoms with Crippen LogP contribution in [0, 0.1) is 5.92 Å². The lowest BCUT2D eigenvalue weighted by Crippen LogP contribution is -2.40. The molecule has 1 aliphatic rings. The minimum Gasteiger partial charge on any atom is -0.477 e. The van der Waals surface area contributed by atoms with Gasteiger partial charge in [-0.2, -0.15) is 0 Å². The SMILES string of the molecule is CC(C)CNC(=O)CN1CCc2sc(C(=O)O)cc2C1. The first-order valence-electron chi connectivity index (χ1n) is 6.79. The Kier molecular flexibility index (Phi) is 4.77. The topological polar surface area (TPSA) is 69.6 Å². The van der Waals surface area contributed by atoms with Gasteiger partial charge in [0.1, 0.15) is 4.88 Å². The number of carbonyl (C=O) groups is 2. The summed E-state index contributed by atoms with van der Waals surface area (Å²) in [6.07, 6.45) is 0.824. The van der Waals surface area contributed by atoms with Gasteiger partial charge in [0.15, 0.2) is 0 Å². The largest absolute Gasteiger partial charge is 0.477 e. The van der Waals surface area contributed by atoms with E-state index in [2.05, 4.69) is 24.1 Å². The van der Waals surface area contributed by atoms with Crippen LogP contribution in [0.3, 0.4) is 0 Å². The highest BCUT2D eigenvalue weighted by molar-refractivity contribution is 7.14. The summed E-state index contributed by atoms with van der Waals surface area (Å²) in [6.45, 7) is 6.66. The van der Waals surface area contributed by atoms with Crippen molar-refractivity contribution in [1.82, 2.24) is 10.2 Å². The van der Waals surface area contributed by atoms with Crippen molar-refractivity contribution in [3.8, 4) is 0 Å². The predicted octanol–water partition coefficient (Wildman–Crippen LogP) is 1.58. The number of hydrogen-bond acceptors (Lipinski definition) is 4. The van der Waals surface area contributed by atoms with Crippen molar-refractivity contribution in [2.45, 2.75) is 26.8 Å². The van der Waals surface area contributed by atoms with E-state index in [0.29, 0.717) is 30.4 Å². The van der Waals surface area contributed by atoms with Crippen LogP contribution in [0.1, 0.15) is 34.0 Å². The molecule has 0 saturated carbocycles. The molecule has 0 aromatic carbocycles. The molecular weight excluding hydrogens is 276 g/mol. The Morgan fingerprint density at radius 1 is 1.50 bits per heavy atom. The molecule has 2 rings (SSSR count). The molecule has 0 aliphatic carbocycles. The Bertz CT molecular complexity index is 511. The molecule has 1 aromatic rings. The van der Waals surface area contributed by atoms with E-state index in [1.54, 1.807) is 6.07 Å². The smallest absolute Gasteiger partial charge is 0.345 e. The van der Waals surface area contributed by atoms with Gasteiger partial charge in [-0.25, -0.2) is 4.79 Å². The molecule has 20 heavy (non-hydrogen) atoms. The maximum atomic E-state index is 11.8. The van der Waals surface area contributed by atoms with Gasteiger partial charge in [-0.3, -0.25) is 9.69 Å². The normalized spacial score (nSPS) is 15.2. The summed E-state index contributed by atoms with van der Waals surface area (Å²) >= 11 is 1.35. The summed E-state index contributed by atoms with van der Waals surface area (Å²) in [5.41, 5.74) is 1.05. The number of aromatic carboxylic acids is 1. The third kappa shape index (κ3) is 3.80. The van der Waals surface area contributed by atoms with Crippen LogP contribution in [-0.2, 0) is 17.8 Å². The van der Waals surface area contributed by atoms with Crippen molar-refractivity contribution in [2.24, 2.45) is 5.92 Å². The Labute approximate surface area is 122 Å². The summed E-state index contributed by atoms with van der Waals surface area (Å²) in [4.78, 5) is 26.4. The van der Waals surface area contributed by atoms with Gasteiger partial charge in [-0.15, -0.1) is 11.3 Å². The molecule has 2 N–H and O–H groups in total. The first-order chi connectivity index (χ1) is 9.45. The molecule has 0 unspecified atom stereocenters. The molecule has 6 heteroatoms. The number of nitrogens with zero attached hydrogens (tertiary/aromatic N) is 1. The number of hydrogen-bond donors (Lipinski definition) is 2. The van der Waals surface area contributed by atoms with Gasteiger partial charge < -0.3 is 10.4 Å². The van der Waals surface area contributed by atoms with Gasteiger partial charge in [-0.1, -0.05) is 13.8 Å². The highest BCUT2D eigenvalue weighted by Gasteiger charge is 2.22. The molecule has 0 atom stereocenters. The predicted molar refractivity (Wildman–Crippen MR) is 78.1 cm³/mol. The molecular formula is C14H20N2O3S. The molecule has 0 spiro atoms. The highest BCUT2D eigenvalue weighted by atomic mass is 32.1. The zero-order chi connectivity index (χ0) is 14.7. The van der Waals surface area contributed by atoms with Crippen molar-refractivity contribution in [2.75, 3.05) is 19.6 Å². The van der Waals surface area contributed by atoms with E-state index in [0.717, 1.165) is 23.4 Å². The summed E-state index contributed by atoms with van der Waals surface area (Å²) in [5.74, 6) is -0.386. The van der Waals surface area contributed by atoms with Crippen molar-refractivity contribution in [1.29, 1.82) is 0 Å². The standard InChI is InChI=1S/C14H20N2O3S/c1-9(2)6-15-13(17)8-16-4-3-11-10(7-16)5-12(20-11)14(18)19/h5,9H,3-4,6-8H2,1-2H3,(H,15,17)(H,18,19). The van der Waals surface area contributed by atoms with Gasteiger partial charge in [-0.05, 0) is 24.0 Å². The zero-order valence-corrected chi connectivity index (χ0v) is 12.6. The number of nitrogens with one attached hydrogen (secondary N) is 1. The number of carbonyl (C=O) groups excluding carboxylic acids is 1. The molecule has 0 fully saturated rings. The third-order valence-electron chi connectivity index (χ3n) is 3.23. The average Bonchev–Trinajstić information content (AvgIpc) is 2.79. The Hall–Kier alpha value is -1.40. The molecule has 0 bridgehead atoms. The number of fused-ring (bicyclic) bond motifs is 1. The van der Waals surface area contributed by atoms with Crippen LogP contribution >= 0.6 is 11.3 Å². The average molecular weight is 296 g/mol. The Morgan fingerprint density at radius 3 is 2.90 bits per heavy atom. The molecule has 1 amide bonds. The summed E-state index contributed by atoms with van der Waals surface area (Å²) in [6, 6.07) is 1.74. The molecule has 1 aliphatic heterocycles. The van der Waals surface area contributed by atoms with Crippen LogP contribution in [0.25, 0.3) is 0 Å². The van der Waals surface area contributed by atoms with Gasteiger partial charge in [0.25, 0.3) is 0 Å². The Balaban J connectivity index is 1.90. The number of thiophene rings is 1. The molecule has 0 radical (unpaired) electrons. The van der Waals surface area contributed by atoms with E-state index < -0.39 is 5.97 Å². The number of carboxylic acid groups (broad SMARTS) is 1. The summed E-state index contributed by atoms with van der Waals surface area (Å²) in [7, 11) is 0. The van der Waals surface area contributed by atoms with Crippen molar-refractivity contribution < 1.29 is 14.7 Å². The van der Waals surface area contributed by atoms with Crippen LogP contribution in [-0.4, -0.2) is 41.5 Å². The van der Waals surface area contributed by atoms with Crippen LogP contribution in [0.15, 0.2) is 6.07 Å². The number of carboxylic acids is 1. The van der Waals surface area contributed by atoms with Crippen LogP contribution in [0.4, 0.5) is 0 Å². The van der Waals surface area contributed by atoms with Gasteiger partial charge in [0, 0.05) is 24.5 Å². The minimum absolute atomic E-state index is 0.0378. The lowest BCUT2D eigenvalue weighted by atomic mass is 10.1. The summed E-state index contributed by atoms with van der Waals surface area (Å²) < 4.78 is 0. The quantitative estimate of drug-likeness (QED) is 0.865. The van der Waals surface area contributed by atoms with E-state index >= 15 is 0 Å². The second-order valence-corrected chi connectivity index (χ2v) is 6.66. The fourth-order valence-electron chi connectivity index (χ4n) is 2.21. The minimum atomic E-state index is -0.870. The number of amides is 1. The molecule has 5 nitrogen and oxygen atoms in total. The first kappa shape index (κ1) is 15.0. The van der Waals surface area contributed by atoms with E-state index in [9.17, 15) is 9.59 Å². The van der Waals surface area contributed by atoms with Crippen molar-refractivity contribution in [3.05, 3.63) is 21.4 Å². The second kappa shape index (κ2) is 6.37. The van der Waals surface area contributed by atoms with E-state index in [4.69, 9.17) is 5.11 Å². The zero-order valence-electron chi connectivity index (χ0n) is 11.8. The molecule has 110 valence electrons.